The largest absolute Gasteiger partial charge is 0.391 e. The van der Waals surface area contributed by atoms with Gasteiger partial charge in [-0.25, -0.2) is 5.48 Å². The van der Waals surface area contributed by atoms with Crippen molar-refractivity contribution in [3.8, 4) is 0 Å². The molecule has 5 nitrogen and oxygen atoms in total. The minimum absolute atomic E-state index is 0.0212. The second-order valence-electron chi connectivity index (χ2n) is 1.63. The zero-order valence-electron chi connectivity index (χ0n) is 4.87. The average molecular weight is 134 g/mol. The van der Waals surface area contributed by atoms with E-state index in [-0.39, 0.29) is 13.0 Å². The van der Waals surface area contributed by atoms with E-state index in [4.69, 9.17) is 16.0 Å². The highest BCUT2D eigenvalue weighted by atomic mass is 16.5. The van der Waals surface area contributed by atoms with Crippen LogP contribution in [-0.4, -0.2) is 28.9 Å². The van der Waals surface area contributed by atoms with Crippen LogP contribution >= 0.6 is 0 Å². The Balaban J connectivity index is 3.34. The van der Waals surface area contributed by atoms with Crippen molar-refractivity contribution in [2.45, 2.75) is 12.5 Å². The van der Waals surface area contributed by atoms with Gasteiger partial charge in [-0.2, -0.15) is 0 Å². The quantitative estimate of drug-likeness (QED) is 0.270. The van der Waals surface area contributed by atoms with Crippen LogP contribution in [0.25, 0.3) is 0 Å². The molecule has 5 N–H and O–H groups in total. The van der Waals surface area contributed by atoms with Crippen LogP contribution < -0.4 is 11.2 Å². The molecular weight excluding hydrogens is 124 g/mol. The van der Waals surface area contributed by atoms with E-state index in [1.807, 2.05) is 0 Å². The highest BCUT2D eigenvalue weighted by Crippen LogP contribution is 1.86. The maximum atomic E-state index is 10.2. The zero-order valence-corrected chi connectivity index (χ0v) is 4.87. The molecule has 1 unspecified atom stereocenters. The van der Waals surface area contributed by atoms with Gasteiger partial charge in [-0.05, 0) is 0 Å². The van der Waals surface area contributed by atoms with Crippen molar-refractivity contribution in [3.63, 3.8) is 0 Å². The van der Waals surface area contributed by atoms with E-state index in [1.165, 1.54) is 5.48 Å². The number of amides is 1. The second-order valence-corrected chi connectivity index (χ2v) is 1.63. The number of aliphatic hydroxyl groups is 1. The molecule has 1 amide bonds. The van der Waals surface area contributed by atoms with E-state index in [0.717, 1.165) is 0 Å². The van der Waals surface area contributed by atoms with E-state index in [0.29, 0.717) is 0 Å². The summed E-state index contributed by atoms with van der Waals surface area (Å²) in [4.78, 5) is 10.2. The molecule has 0 aliphatic carbocycles. The lowest BCUT2D eigenvalue weighted by atomic mass is 10.2. The third kappa shape index (κ3) is 3.89. The molecule has 0 fully saturated rings. The molecule has 0 bridgehead atoms. The summed E-state index contributed by atoms with van der Waals surface area (Å²) in [6, 6.07) is 0. The van der Waals surface area contributed by atoms with E-state index in [9.17, 15) is 4.79 Å². The van der Waals surface area contributed by atoms with Crippen molar-refractivity contribution in [1.82, 2.24) is 5.48 Å². The SMILES string of the molecule is NCC(O)CC(=O)NO. The number of carbonyl (C=O) groups is 1. The fraction of sp³-hybridized carbons (Fsp3) is 0.750. The number of hydrogen-bond donors (Lipinski definition) is 4. The van der Waals surface area contributed by atoms with Crippen LogP contribution in [0, 0.1) is 0 Å². The maximum Gasteiger partial charge on any atom is 0.245 e. The van der Waals surface area contributed by atoms with Crippen LogP contribution in [0.3, 0.4) is 0 Å². The molecular formula is C4H10N2O3. The number of hydroxylamine groups is 1. The number of nitrogens with two attached hydrogens (primary N) is 1. The van der Waals surface area contributed by atoms with Crippen molar-refractivity contribution in [2.75, 3.05) is 6.54 Å². The molecule has 1 atom stereocenters. The number of aliphatic hydroxyl groups excluding tert-OH is 1. The first kappa shape index (κ1) is 8.35. The van der Waals surface area contributed by atoms with Gasteiger partial charge in [0.25, 0.3) is 0 Å². The van der Waals surface area contributed by atoms with Gasteiger partial charge in [0, 0.05) is 6.54 Å². The molecule has 0 aliphatic rings. The highest BCUT2D eigenvalue weighted by Gasteiger charge is 2.06. The molecule has 0 heterocycles. The minimum Gasteiger partial charge on any atom is -0.391 e. The third-order valence-corrected chi connectivity index (χ3v) is 0.818. The predicted molar refractivity (Wildman–Crippen MR) is 29.6 cm³/mol. The summed E-state index contributed by atoms with van der Waals surface area (Å²) in [5, 5.41) is 16.6. The molecule has 0 aromatic heterocycles. The summed E-state index contributed by atoms with van der Waals surface area (Å²) in [5.41, 5.74) is 6.34. The standard InChI is InChI=1S/C4H10N2O3/c5-2-3(7)1-4(8)6-9/h3,7,9H,1-2,5H2,(H,6,8). The van der Waals surface area contributed by atoms with E-state index < -0.39 is 12.0 Å². The van der Waals surface area contributed by atoms with Gasteiger partial charge in [0.1, 0.15) is 0 Å². The van der Waals surface area contributed by atoms with Crippen LogP contribution in [-0.2, 0) is 4.79 Å². The van der Waals surface area contributed by atoms with Crippen molar-refractivity contribution in [1.29, 1.82) is 0 Å². The molecule has 5 heteroatoms. The fourth-order valence-electron chi connectivity index (χ4n) is 0.343. The Morgan fingerprint density at radius 2 is 2.33 bits per heavy atom. The Labute approximate surface area is 52.4 Å². The first-order valence-electron chi connectivity index (χ1n) is 2.51. The fourth-order valence-corrected chi connectivity index (χ4v) is 0.343. The summed E-state index contributed by atoms with van der Waals surface area (Å²) in [6.45, 7) is 0.0212. The van der Waals surface area contributed by atoms with E-state index >= 15 is 0 Å². The predicted octanol–water partition coefficient (Wildman–Crippen LogP) is -1.80. The molecule has 9 heavy (non-hydrogen) atoms. The second kappa shape index (κ2) is 4.25. The lowest BCUT2D eigenvalue weighted by Crippen LogP contribution is -2.28. The van der Waals surface area contributed by atoms with Gasteiger partial charge in [0.2, 0.25) is 5.91 Å². The normalized spacial score (nSPS) is 12.8. The van der Waals surface area contributed by atoms with E-state index in [1.54, 1.807) is 0 Å². The number of carbonyl (C=O) groups excluding carboxylic acids is 1. The maximum absolute atomic E-state index is 10.2. The van der Waals surface area contributed by atoms with Crippen molar-refractivity contribution in [2.24, 2.45) is 5.73 Å². The molecule has 54 valence electrons. The topological polar surface area (TPSA) is 95.6 Å². The minimum atomic E-state index is -0.864. The monoisotopic (exact) mass is 134 g/mol. The molecule has 0 aliphatic heterocycles. The molecule has 0 radical (unpaired) electrons. The first-order valence-corrected chi connectivity index (χ1v) is 2.51. The smallest absolute Gasteiger partial charge is 0.245 e. The van der Waals surface area contributed by atoms with Crippen LogP contribution in [0.4, 0.5) is 0 Å². The molecule has 0 spiro atoms. The summed E-state index contributed by atoms with van der Waals surface area (Å²) in [7, 11) is 0. The summed E-state index contributed by atoms with van der Waals surface area (Å²) in [5.74, 6) is -0.632. The average Bonchev–Trinajstić information content (AvgIpc) is 1.87. The number of nitrogens with one attached hydrogen (secondary N) is 1. The van der Waals surface area contributed by atoms with Crippen molar-refractivity contribution < 1.29 is 15.1 Å². The lowest BCUT2D eigenvalue weighted by molar-refractivity contribution is -0.131. The van der Waals surface area contributed by atoms with Gasteiger partial charge in [-0.15, -0.1) is 0 Å². The molecule has 0 saturated carbocycles. The Bertz CT molecular complexity index is 95.8. The first-order chi connectivity index (χ1) is 4.20. The Morgan fingerprint density at radius 1 is 1.78 bits per heavy atom. The molecule has 0 rings (SSSR count). The summed E-state index contributed by atoms with van der Waals surface area (Å²) in [6.07, 6.45) is -1.02. The van der Waals surface area contributed by atoms with Gasteiger partial charge in [0.15, 0.2) is 0 Å². The third-order valence-electron chi connectivity index (χ3n) is 0.818. The van der Waals surface area contributed by atoms with Crippen LogP contribution in [0.15, 0.2) is 0 Å². The Morgan fingerprint density at radius 3 is 2.67 bits per heavy atom. The molecule has 0 saturated heterocycles. The number of hydrogen-bond acceptors (Lipinski definition) is 4. The Kier molecular flexibility index (Phi) is 3.94. The molecule has 0 aromatic carbocycles. The van der Waals surface area contributed by atoms with Crippen LogP contribution in [0.1, 0.15) is 6.42 Å². The van der Waals surface area contributed by atoms with Crippen molar-refractivity contribution in [3.05, 3.63) is 0 Å². The highest BCUT2D eigenvalue weighted by molar-refractivity contribution is 5.75. The van der Waals surface area contributed by atoms with Gasteiger partial charge in [-0.3, -0.25) is 10.0 Å². The van der Waals surface area contributed by atoms with Gasteiger partial charge < -0.3 is 10.8 Å². The summed E-state index contributed by atoms with van der Waals surface area (Å²) >= 11 is 0. The Hall–Kier alpha value is -0.650. The summed E-state index contributed by atoms with van der Waals surface area (Å²) < 4.78 is 0. The van der Waals surface area contributed by atoms with Gasteiger partial charge >= 0.3 is 0 Å². The van der Waals surface area contributed by atoms with Gasteiger partial charge in [-0.1, -0.05) is 0 Å². The zero-order chi connectivity index (χ0) is 7.28. The van der Waals surface area contributed by atoms with Crippen LogP contribution in [0.5, 0.6) is 0 Å². The molecule has 0 aromatic rings. The lowest BCUT2D eigenvalue weighted by Gasteiger charge is -2.03. The number of rotatable bonds is 3. The van der Waals surface area contributed by atoms with E-state index in [2.05, 4.69) is 0 Å². The van der Waals surface area contributed by atoms with Crippen molar-refractivity contribution >= 4 is 5.91 Å². The van der Waals surface area contributed by atoms with Crippen LogP contribution in [0.2, 0.25) is 0 Å². The van der Waals surface area contributed by atoms with Gasteiger partial charge in [0.05, 0.1) is 12.5 Å².